The lowest BCUT2D eigenvalue weighted by Gasteiger charge is -2.36. The van der Waals surface area contributed by atoms with E-state index < -0.39 is 0 Å². The molecule has 0 amide bonds. The zero-order chi connectivity index (χ0) is 17.8. The Kier molecular flexibility index (Phi) is 5.47. The lowest BCUT2D eigenvalue weighted by atomic mass is 10.1. The van der Waals surface area contributed by atoms with Gasteiger partial charge in [0.1, 0.15) is 0 Å². The summed E-state index contributed by atoms with van der Waals surface area (Å²) in [4.78, 5) is 9.30. The molecule has 0 saturated carbocycles. The fourth-order valence-corrected chi connectivity index (χ4v) is 3.12. The van der Waals surface area contributed by atoms with Crippen LogP contribution in [-0.4, -0.2) is 46.1 Å². The predicted molar refractivity (Wildman–Crippen MR) is 94.8 cm³/mol. The van der Waals surface area contributed by atoms with Crippen LogP contribution in [-0.2, 0) is 6.54 Å². The number of nitriles is 1. The average molecular weight is 339 g/mol. The number of hydrogen-bond acceptors (Lipinski definition) is 6. The van der Waals surface area contributed by atoms with Crippen molar-refractivity contribution < 1.29 is 4.52 Å². The maximum absolute atomic E-state index is 9.23. The number of piperazine rings is 1. The molecule has 0 N–H and O–H groups in total. The SMILES string of the molecule is CC(C)c1noc([C@H](C)N2CCN(Cc3ccccc3C#N)CC2)n1. The summed E-state index contributed by atoms with van der Waals surface area (Å²) in [5, 5.41) is 13.3. The minimum absolute atomic E-state index is 0.133. The third kappa shape index (κ3) is 4.06. The van der Waals surface area contributed by atoms with Crippen LogP contribution in [0, 0.1) is 11.3 Å². The molecule has 1 aliphatic heterocycles. The van der Waals surface area contributed by atoms with Crippen LogP contribution in [0.1, 0.15) is 55.6 Å². The molecule has 2 heterocycles. The number of benzene rings is 1. The van der Waals surface area contributed by atoms with Gasteiger partial charge in [-0.2, -0.15) is 10.2 Å². The highest BCUT2D eigenvalue weighted by Crippen LogP contribution is 2.22. The first-order valence-corrected chi connectivity index (χ1v) is 8.86. The molecule has 0 aliphatic carbocycles. The summed E-state index contributed by atoms with van der Waals surface area (Å²) >= 11 is 0. The van der Waals surface area contributed by atoms with Crippen LogP contribution in [0.2, 0.25) is 0 Å². The molecule has 0 unspecified atom stereocenters. The highest BCUT2D eigenvalue weighted by atomic mass is 16.5. The van der Waals surface area contributed by atoms with E-state index in [2.05, 4.69) is 46.8 Å². The van der Waals surface area contributed by atoms with E-state index in [4.69, 9.17) is 4.52 Å². The van der Waals surface area contributed by atoms with E-state index >= 15 is 0 Å². The fraction of sp³-hybridized carbons (Fsp3) is 0.526. The molecule has 1 aromatic heterocycles. The summed E-state index contributed by atoms with van der Waals surface area (Å²) in [6.45, 7) is 10.9. The van der Waals surface area contributed by atoms with Crippen molar-refractivity contribution in [2.24, 2.45) is 0 Å². The van der Waals surface area contributed by atoms with Crippen LogP contribution in [0.4, 0.5) is 0 Å². The lowest BCUT2D eigenvalue weighted by Crippen LogP contribution is -2.46. The molecule has 0 bridgehead atoms. The van der Waals surface area contributed by atoms with Gasteiger partial charge in [0.25, 0.3) is 0 Å². The van der Waals surface area contributed by atoms with Crippen LogP contribution in [0.25, 0.3) is 0 Å². The summed E-state index contributed by atoms with van der Waals surface area (Å²) in [5.41, 5.74) is 1.87. The van der Waals surface area contributed by atoms with Crippen molar-refractivity contribution in [1.82, 2.24) is 19.9 Å². The molecule has 1 atom stereocenters. The van der Waals surface area contributed by atoms with E-state index in [-0.39, 0.29) is 12.0 Å². The molecule has 6 nitrogen and oxygen atoms in total. The summed E-state index contributed by atoms with van der Waals surface area (Å²) in [6, 6.07) is 10.2. The summed E-state index contributed by atoms with van der Waals surface area (Å²) < 4.78 is 5.44. The standard InChI is InChI=1S/C19H25N5O/c1-14(2)18-21-19(25-22-18)15(3)24-10-8-23(9-11-24)13-17-7-5-4-6-16(17)12-20/h4-7,14-15H,8-11,13H2,1-3H3/t15-/m0/s1. The first-order valence-electron chi connectivity index (χ1n) is 8.86. The van der Waals surface area contributed by atoms with Gasteiger partial charge in [-0.05, 0) is 18.6 Å². The topological polar surface area (TPSA) is 69.2 Å². The molecular weight excluding hydrogens is 314 g/mol. The van der Waals surface area contributed by atoms with Gasteiger partial charge in [0.05, 0.1) is 17.7 Å². The zero-order valence-corrected chi connectivity index (χ0v) is 15.1. The minimum Gasteiger partial charge on any atom is -0.338 e. The predicted octanol–water partition coefficient (Wildman–Crippen LogP) is 2.94. The van der Waals surface area contributed by atoms with Gasteiger partial charge in [-0.3, -0.25) is 9.80 Å². The van der Waals surface area contributed by atoms with Crippen molar-refractivity contribution in [3.8, 4) is 6.07 Å². The molecule has 2 aromatic rings. The molecule has 1 aliphatic rings. The molecule has 25 heavy (non-hydrogen) atoms. The molecule has 3 rings (SSSR count). The third-order valence-electron chi connectivity index (χ3n) is 4.82. The maximum atomic E-state index is 9.23. The van der Waals surface area contributed by atoms with Crippen molar-refractivity contribution in [2.45, 2.75) is 39.3 Å². The molecule has 1 aromatic carbocycles. The largest absolute Gasteiger partial charge is 0.338 e. The van der Waals surface area contributed by atoms with Crippen LogP contribution in [0.5, 0.6) is 0 Å². The molecule has 1 fully saturated rings. The number of nitrogens with zero attached hydrogens (tertiary/aromatic N) is 5. The van der Waals surface area contributed by atoms with E-state index in [1.54, 1.807) is 0 Å². The van der Waals surface area contributed by atoms with E-state index in [9.17, 15) is 5.26 Å². The number of aromatic nitrogens is 2. The quantitative estimate of drug-likeness (QED) is 0.834. The van der Waals surface area contributed by atoms with Gasteiger partial charge in [0.15, 0.2) is 5.82 Å². The van der Waals surface area contributed by atoms with E-state index in [1.807, 2.05) is 24.3 Å². The summed E-state index contributed by atoms with van der Waals surface area (Å²) in [5.74, 6) is 1.75. The van der Waals surface area contributed by atoms with Gasteiger partial charge in [-0.1, -0.05) is 37.2 Å². The summed E-state index contributed by atoms with van der Waals surface area (Å²) in [7, 11) is 0. The Hall–Kier alpha value is -2.23. The van der Waals surface area contributed by atoms with E-state index in [1.165, 1.54) is 0 Å². The fourth-order valence-electron chi connectivity index (χ4n) is 3.12. The molecule has 1 saturated heterocycles. The smallest absolute Gasteiger partial charge is 0.243 e. The van der Waals surface area contributed by atoms with Crippen LogP contribution >= 0.6 is 0 Å². The van der Waals surface area contributed by atoms with Crippen molar-refractivity contribution in [3.05, 3.63) is 47.1 Å². The monoisotopic (exact) mass is 339 g/mol. The van der Waals surface area contributed by atoms with Crippen molar-refractivity contribution in [1.29, 1.82) is 5.26 Å². The Morgan fingerprint density at radius 3 is 2.52 bits per heavy atom. The average Bonchev–Trinajstić information content (AvgIpc) is 3.13. The van der Waals surface area contributed by atoms with E-state index in [0.29, 0.717) is 5.89 Å². The minimum atomic E-state index is 0.133. The van der Waals surface area contributed by atoms with E-state index in [0.717, 1.165) is 49.7 Å². The van der Waals surface area contributed by atoms with Gasteiger partial charge in [-0.25, -0.2) is 0 Å². The highest BCUT2D eigenvalue weighted by molar-refractivity contribution is 5.37. The second kappa shape index (κ2) is 7.77. The lowest BCUT2D eigenvalue weighted by molar-refractivity contribution is 0.0845. The Morgan fingerprint density at radius 1 is 1.16 bits per heavy atom. The second-order valence-corrected chi connectivity index (χ2v) is 6.90. The van der Waals surface area contributed by atoms with Gasteiger partial charge < -0.3 is 4.52 Å². The molecule has 0 radical (unpaired) electrons. The zero-order valence-electron chi connectivity index (χ0n) is 15.1. The second-order valence-electron chi connectivity index (χ2n) is 6.90. The van der Waals surface area contributed by atoms with Crippen molar-refractivity contribution in [3.63, 3.8) is 0 Å². The van der Waals surface area contributed by atoms with Crippen LogP contribution in [0.15, 0.2) is 28.8 Å². The van der Waals surface area contributed by atoms with Gasteiger partial charge >= 0.3 is 0 Å². The highest BCUT2D eigenvalue weighted by Gasteiger charge is 2.26. The molecule has 132 valence electrons. The molecular formula is C19H25N5O. The van der Waals surface area contributed by atoms with Crippen LogP contribution < -0.4 is 0 Å². The van der Waals surface area contributed by atoms with Crippen molar-refractivity contribution >= 4 is 0 Å². The van der Waals surface area contributed by atoms with Crippen molar-refractivity contribution in [2.75, 3.05) is 26.2 Å². The third-order valence-corrected chi connectivity index (χ3v) is 4.82. The Morgan fingerprint density at radius 2 is 1.88 bits per heavy atom. The van der Waals surface area contributed by atoms with Gasteiger partial charge in [-0.15, -0.1) is 0 Å². The molecule has 0 spiro atoms. The Balaban J connectivity index is 1.57. The number of hydrogen-bond donors (Lipinski definition) is 0. The maximum Gasteiger partial charge on any atom is 0.243 e. The first kappa shape index (κ1) is 17.6. The number of rotatable bonds is 5. The van der Waals surface area contributed by atoms with Gasteiger partial charge in [0, 0.05) is 38.6 Å². The summed E-state index contributed by atoms with van der Waals surface area (Å²) in [6.07, 6.45) is 0. The molecule has 6 heteroatoms. The van der Waals surface area contributed by atoms with Gasteiger partial charge in [0.2, 0.25) is 5.89 Å². The first-order chi connectivity index (χ1) is 12.1. The normalized spacial score (nSPS) is 17.6. The Labute approximate surface area is 149 Å². The Bertz CT molecular complexity index is 740. The van der Waals surface area contributed by atoms with Crippen LogP contribution in [0.3, 0.4) is 0 Å².